The minimum atomic E-state index is -0.381. The molecule has 4 aromatic rings. The molecule has 3 aromatic carbocycles. The molecule has 1 aliphatic heterocycles. The van der Waals surface area contributed by atoms with Gasteiger partial charge in [0.2, 0.25) is 5.91 Å². The van der Waals surface area contributed by atoms with Gasteiger partial charge in [0.25, 0.3) is 0 Å². The Hall–Kier alpha value is -3.67. The summed E-state index contributed by atoms with van der Waals surface area (Å²) in [6.45, 7) is 5.85. The van der Waals surface area contributed by atoms with Crippen molar-refractivity contribution in [2.24, 2.45) is 0 Å². The monoisotopic (exact) mass is 457 g/mol. The van der Waals surface area contributed by atoms with Crippen molar-refractivity contribution in [2.45, 2.75) is 39.2 Å². The van der Waals surface area contributed by atoms with Crippen molar-refractivity contribution in [1.29, 1.82) is 0 Å². The highest BCUT2D eigenvalue weighted by Crippen LogP contribution is 2.34. The van der Waals surface area contributed by atoms with Crippen LogP contribution in [-0.2, 0) is 11.3 Å². The van der Waals surface area contributed by atoms with E-state index in [0.29, 0.717) is 25.3 Å². The number of rotatable bonds is 7. The number of hydrogen-bond donors (Lipinski definition) is 0. The molecular formula is C28H28FN3O2. The van der Waals surface area contributed by atoms with Gasteiger partial charge in [-0.15, -0.1) is 0 Å². The SMILES string of the molecule is Cc1cccc(C)c1OCCCn1c(C2CC(=O)N(c3ccccc3F)C2)nc2ccccc21. The van der Waals surface area contributed by atoms with Crippen molar-refractivity contribution in [3.05, 3.63) is 89.5 Å². The standard InChI is InChI=1S/C28H28FN3O2/c1-19-9-7-10-20(2)27(19)34-16-8-15-31-25-14-6-4-12-23(25)30-28(31)21-17-26(33)32(18-21)24-13-5-3-11-22(24)29/h3-7,9-14,21H,8,15-18H2,1-2H3. The highest BCUT2D eigenvalue weighted by atomic mass is 19.1. The molecule has 0 spiro atoms. The molecule has 6 heteroatoms. The van der Waals surface area contributed by atoms with Crippen LogP contribution in [0.2, 0.25) is 0 Å². The van der Waals surface area contributed by atoms with E-state index in [9.17, 15) is 9.18 Å². The molecule has 0 bridgehead atoms. The molecule has 1 amide bonds. The van der Waals surface area contributed by atoms with E-state index in [2.05, 4.69) is 36.6 Å². The summed E-state index contributed by atoms with van der Waals surface area (Å²) in [5.74, 6) is 1.26. The second-order valence-electron chi connectivity index (χ2n) is 8.89. The molecule has 1 aromatic heterocycles. The van der Waals surface area contributed by atoms with Crippen LogP contribution < -0.4 is 9.64 Å². The van der Waals surface area contributed by atoms with Gasteiger partial charge >= 0.3 is 0 Å². The second-order valence-corrected chi connectivity index (χ2v) is 8.89. The number of ether oxygens (including phenoxy) is 1. The maximum absolute atomic E-state index is 14.4. The largest absolute Gasteiger partial charge is 0.493 e. The summed E-state index contributed by atoms with van der Waals surface area (Å²) >= 11 is 0. The molecule has 1 fully saturated rings. The first-order valence-electron chi connectivity index (χ1n) is 11.7. The van der Waals surface area contributed by atoms with Gasteiger partial charge in [0.15, 0.2) is 0 Å². The number of imidazole rings is 1. The zero-order valence-electron chi connectivity index (χ0n) is 19.5. The van der Waals surface area contributed by atoms with Gasteiger partial charge in [0.05, 0.1) is 23.3 Å². The third-order valence-corrected chi connectivity index (χ3v) is 6.50. The number of hydrogen-bond acceptors (Lipinski definition) is 3. The number of fused-ring (bicyclic) bond motifs is 1. The van der Waals surface area contributed by atoms with E-state index in [0.717, 1.165) is 46.7 Å². The lowest BCUT2D eigenvalue weighted by molar-refractivity contribution is -0.117. The van der Waals surface area contributed by atoms with Gasteiger partial charge in [-0.3, -0.25) is 4.79 Å². The summed E-state index contributed by atoms with van der Waals surface area (Å²) < 4.78 is 22.7. The van der Waals surface area contributed by atoms with E-state index in [1.54, 1.807) is 23.1 Å². The van der Waals surface area contributed by atoms with Crippen LogP contribution in [0.15, 0.2) is 66.7 Å². The van der Waals surface area contributed by atoms with Crippen molar-refractivity contribution in [3.8, 4) is 5.75 Å². The summed E-state index contributed by atoms with van der Waals surface area (Å²) in [5, 5.41) is 0. The van der Waals surface area contributed by atoms with Crippen molar-refractivity contribution >= 4 is 22.6 Å². The molecule has 0 N–H and O–H groups in total. The minimum Gasteiger partial charge on any atom is -0.493 e. The number of para-hydroxylation sites is 4. The Morgan fingerprint density at radius 2 is 1.74 bits per heavy atom. The summed E-state index contributed by atoms with van der Waals surface area (Å²) in [4.78, 5) is 19.3. The van der Waals surface area contributed by atoms with Crippen LogP contribution in [0.5, 0.6) is 5.75 Å². The van der Waals surface area contributed by atoms with E-state index in [1.807, 2.05) is 24.3 Å². The number of carbonyl (C=O) groups is 1. The molecule has 34 heavy (non-hydrogen) atoms. The molecule has 0 radical (unpaired) electrons. The minimum absolute atomic E-state index is 0.0768. The van der Waals surface area contributed by atoms with E-state index < -0.39 is 0 Å². The first-order valence-corrected chi connectivity index (χ1v) is 11.7. The fraction of sp³-hybridized carbons (Fsp3) is 0.286. The third-order valence-electron chi connectivity index (χ3n) is 6.50. The molecule has 1 atom stereocenters. The topological polar surface area (TPSA) is 47.4 Å². The molecule has 5 rings (SSSR count). The van der Waals surface area contributed by atoms with Gasteiger partial charge in [-0.2, -0.15) is 0 Å². The smallest absolute Gasteiger partial charge is 0.227 e. The normalized spacial score (nSPS) is 15.9. The fourth-order valence-corrected chi connectivity index (χ4v) is 4.85. The Balaban J connectivity index is 1.36. The van der Waals surface area contributed by atoms with E-state index in [1.165, 1.54) is 6.07 Å². The van der Waals surface area contributed by atoms with Gasteiger partial charge in [-0.1, -0.05) is 42.5 Å². The number of anilines is 1. The van der Waals surface area contributed by atoms with Gasteiger partial charge in [0.1, 0.15) is 17.4 Å². The Kier molecular flexibility index (Phi) is 6.05. The van der Waals surface area contributed by atoms with Crippen molar-refractivity contribution in [3.63, 3.8) is 0 Å². The van der Waals surface area contributed by atoms with Gasteiger partial charge in [0, 0.05) is 25.4 Å². The lowest BCUT2D eigenvalue weighted by Gasteiger charge is -2.18. The molecule has 0 aliphatic carbocycles. The maximum Gasteiger partial charge on any atom is 0.227 e. The Labute approximate surface area is 198 Å². The Morgan fingerprint density at radius 1 is 1.00 bits per heavy atom. The average molecular weight is 458 g/mol. The van der Waals surface area contributed by atoms with E-state index in [-0.39, 0.29) is 17.6 Å². The molecule has 1 aliphatic rings. The highest BCUT2D eigenvalue weighted by molar-refractivity contribution is 5.96. The molecule has 1 unspecified atom stereocenters. The van der Waals surface area contributed by atoms with Crippen LogP contribution in [0.3, 0.4) is 0 Å². The summed E-state index contributed by atoms with van der Waals surface area (Å²) in [7, 11) is 0. The molecule has 1 saturated heterocycles. The lowest BCUT2D eigenvalue weighted by atomic mass is 10.1. The lowest BCUT2D eigenvalue weighted by Crippen LogP contribution is -2.25. The fourth-order valence-electron chi connectivity index (χ4n) is 4.85. The van der Waals surface area contributed by atoms with Crippen molar-refractivity contribution < 1.29 is 13.9 Å². The van der Waals surface area contributed by atoms with Crippen LogP contribution in [0.25, 0.3) is 11.0 Å². The van der Waals surface area contributed by atoms with Crippen LogP contribution in [0, 0.1) is 19.7 Å². The number of aryl methyl sites for hydroxylation is 3. The number of carbonyl (C=O) groups excluding carboxylic acids is 1. The Morgan fingerprint density at radius 3 is 2.53 bits per heavy atom. The quantitative estimate of drug-likeness (QED) is 0.331. The zero-order valence-corrected chi connectivity index (χ0v) is 19.5. The third kappa shape index (κ3) is 4.16. The molecule has 0 saturated carbocycles. The highest BCUT2D eigenvalue weighted by Gasteiger charge is 2.35. The summed E-state index contributed by atoms with van der Waals surface area (Å²) in [5.41, 5.74) is 4.55. The predicted octanol–water partition coefficient (Wildman–Crippen LogP) is 5.78. The van der Waals surface area contributed by atoms with Crippen LogP contribution in [0.4, 0.5) is 10.1 Å². The van der Waals surface area contributed by atoms with E-state index in [4.69, 9.17) is 9.72 Å². The van der Waals surface area contributed by atoms with Gasteiger partial charge in [-0.05, 0) is 55.7 Å². The van der Waals surface area contributed by atoms with Crippen LogP contribution >= 0.6 is 0 Å². The summed E-state index contributed by atoms with van der Waals surface area (Å²) in [6.07, 6.45) is 1.12. The molecule has 2 heterocycles. The van der Waals surface area contributed by atoms with Crippen molar-refractivity contribution in [1.82, 2.24) is 9.55 Å². The maximum atomic E-state index is 14.4. The number of aromatic nitrogens is 2. The zero-order chi connectivity index (χ0) is 23.7. The first-order chi connectivity index (χ1) is 16.5. The van der Waals surface area contributed by atoms with Crippen molar-refractivity contribution in [2.75, 3.05) is 18.1 Å². The van der Waals surface area contributed by atoms with Crippen LogP contribution in [-0.4, -0.2) is 28.6 Å². The number of benzene rings is 3. The van der Waals surface area contributed by atoms with Gasteiger partial charge < -0.3 is 14.2 Å². The predicted molar refractivity (Wildman–Crippen MR) is 132 cm³/mol. The molecule has 5 nitrogen and oxygen atoms in total. The Bertz CT molecular complexity index is 1330. The van der Waals surface area contributed by atoms with Crippen LogP contribution in [0.1, 0.15) is 35.7 Å². The average Bonchev–Trinajstić information content (AvgIpc) is 3.39. The first kappa shape index (κ1) is 22.1. The summed E-state index contributed by atoms with van der Waals surface area (Å²) in [6, 6.07) is 20.6. The number of amides is 1. The molecular weight excluding hydrogens is 429 g/mol. The van der Waals surface area contributed by atoms with Gasteiger partial charge in [-0.25, -0.2) is 9.37 Å². The number of nitrogens with zero attached hydrogens (tertiary/aromatic N) is 3. The van der Waals surface area contributed by atoms with E-state index >= 15 is 0 Å². The number of halogens is 1. The second kappa shape index (κ2) is 9.29. The molecule has 174 valence electrons.